The van der Waals surface area contributed by atoms with Crippen LogP contribution in [0.15, 0.2) is 134 Å². The van der Waals surface area contributed by atoms with Gasteiger partial charge in [0.05, 0.1) is 6.61 Å². The molecule has 0 saturated carbocycles. The third-order valence-electron chi connectivity index (χ3n) is 11.7. The van der Waals surface area contributed by atoms with E-state index in [1.807, 2.05) is 6.08 Å². The van der Waals surface area contributed by atoms with Gasteiger partial charge in [0, 0.05) is 19.4 Å². The zero-order chi connectivity index (χ0) is 50.6. The smallest absolute Gasteiger partial charge is 0.306 e. The third-order valence-corrected chi connectivity index (χ3v) is 11.7. The Bertz CT molecular complexity index is 1470. The highest BCUT2D eigenvalue weighted by Gasteiger charge is 2.17. The quantitative estimate of drug-likeness (QED) is 0.0345. The molecule has 1 atom stereocenters. The van der Waals surface area contributed by atoms with E-state index in [2.05, 4.69) is 148 Å². The molecule has 0 aliphatic rings. The van der Waals surface area contributed by atoms with Gasteiger partial charge in [0.25, 0.3) is 0 Å². The van der Waals surface area contributed by atoms with E-state index >= 15 is 0 Å². The van der Waals surface area contributed by atoms with Gasteiger partial charge in [-0.2, -0.15) is 0 Å². The van der Waals surface area contributed by atoms with E-state index in [-0.39, 0.29) is 25.2 Å². The number of hydrogen-bond acceptors (Lipinski definition) is 5. The number of hydrogen-bond donors (Lipinski definition) is 0. The Labute approximate surface area is 432 Å². The first kappa shape index (κ1) is 66.0. The summed E-state index contributed by atoms with van der Waals surface area (Å²) in [5.74, 6) is -0.511. The molecular formula is C65H106O5. The summed E-state index contributed by atoms with van der Waals surface area (Å²) < 4.78 is 17.4. The number of carbonyl (C=O) groups excluding carboxylic acids is 2. The number of unbranched alkanes of at least 4 members (excludes halogenated alkanes) is 18. The lowest BCUT2D eigenvalue weighted by atomic mass is 10.0. The summed E-state index contributed by atoms with van der Waals surface area (Å²) in [7, 11) is 0. The summed E-state index contributed by atoms with van der Waals surface area (Å²) in [6.07, 6.45) is 84.8. The number of esters is 2. The van der Waals surface area contributed by atoms with E-state index in [9.17, 15) is 9.59 Å². The number of allylic oxidation sites excluding steroid dienone is 22. The summed E-state index contributed by atoms with van der Waals surface area (Å²) >= 11 is 0. The second-order valence-corrected chi connectivity index (χ2v) is 18.4. The van der Waals surface area contributed by atoms with E-state index in [0.29, 0.717) is 25.9 Å². The summed E-state index contributed by atoms with van der Waals surface area (Å²) in [5, 5.41) is 0. The minimum Gasteiger partial charge on any atom is -0.462 e. The number of carbonyl (C=O) groups is 2. The van der Waals surface area contributed by atoms with Crippen LogP contribution in [0.5, 0.6) is 0 Å². The maximum Gasteiger partial charge on any atom is 0.306 e. The molecular weight excluding hydrogens is 861 g/mol. The van der Waals surface area contributed by atoms with Crippen molar-refractivity contribution in [1.29, 1.82) is 0 Å². The zero-order valence-corrected chi connectivity index (χ0v) is 45.5. The van der Waals surface area contributed by atoms with Crippen LogP contribution in [0.4, 0.5) is 0 Å². The molecule has 0 fully saturated rings. The van der Waals surface area contributed by atoms with E-state index in [1.54, 1.807) is 0 Å². The Morgan fingerprint density at radius 1 is 0.329 bits per heavy atom. The number of ether oxygens (including phenoxy) is 3. The molecule has 5 nitrogen and oxygen atoms in total. The van der Waals surface area contributed by atoms with E-state index in [4.69, 9.17) is 14.2 Å². The van der Waals surface area contributed by atoms with Crippen molar-refractivity contribution in [2.75, 3.05) is 19.8 Å². The van der Waals surface area contributed by atoms with Crippen molar-refractivity contribution in [1.82, 2.24) is 0 Å². The highest BCUT2D eigenvalue weighted by atomic mass is 16.6. The van der Waals surface area contributed by atoms with Gasteiger partial charge in [0.1, 0.15) is 6.61 Å². The first-order valence-electron chi connectivity index (χ1n) is 28.7. The lowest BCUT2D eigenvalue weighted by Gasteiger charge is -2.18. The van der Waals surface area contributed by atoms with Crippen molar-refractivity contribution in [3.63, 3.8) is 0 Å². The largest absolute Gasteiger partial charge is 0.462 e. The third kappa shape index (κ3) is 56.6. The molecule has 0 radical (unpaired) electrons. The summed E-state index contributed by atoms with van der Waals surface area (Å²) in [6.45, 7) is 7.47. The average Bonchev–Trinajstić information content (AvgIpc) is 3.36. The molecule has 0 aliphatic heterocycles. The molecule has 0 heterocycles. The van der Waals surface area contributed by atoms with E-state index < -0.39 is 6.10 Å². The van der Waals surface area contributed by atoms with Gasteiger partial charge in [-0.1, -0.05) is 257 Å². The van der Waals surface area contributed by atoms with Crippen LogP contribution >= 0.6 is 0 Å². The topological polar surface area (TPSA) is 61.8 Å². The molecule has 396 valence electrons. The average molecular weight is 968 g/mol. The predicted octanol–water partition coefficient (Wildman–Crippen LogP) is 19.9. The van der Waals surface area contributed by atoms with Gasteiger partial charge >= 0.3 is 11.9 Å². The van der Waals surface area contributed by atoms with Gasteiger partial charge in [-0.15, -0.1) is 0 Å². The molecule has 1 unspecified atom stereocenters. The molecule has 0 aliphatic carbocycles. The van der Waals surface area contributed by atoms with Crippen molar-refractivity contribution >= 4 is 11.9 Å². The van der Waals surface area contributed by atoms with Crippen LogP contribution < -0.4 is 0 Å². The van der Waals surface area contributed by atoms with Crippen LogP contribution in [0.3, 0.4) is 0 Å². The second kappa shape index (κ2) is 59.3. The van der Waals surface area contributed by atoms with Gasteiger partial charge in [-0.25, -0.2) is 0 Å². The lowest BCUT2D eigenvalue weighted by Crippen LogP contribution is -2.30. The minimum absolute atomic E-state index is 0.0282. The molecule has 0 aromatic heterocycles. The van der Waals surface area contributed by atoms with E-state index in [1.165, 1.54) is 83.5 Å². The van der Waals surface area contributed by atoms with Gasteiger partial charge in [-0.3, -0.25) is 9.59 Å². The van der Waals surface area contributed by atoms with Crippen LogP contribution in [-0.4, -0.2) is 37.9 Å². The molecule has 0 aromatic rings. The second-order valence-electron chi connectivity index (χ2n) is 18.4. The monoisotopic (exact) mass is 967 g/mol. The highest BCUT2D eigenvalue weighted by Crippen LogP contribution is 2.15. The van der Waals surface area contributed by atoms with Crippen LogP contribution in [0.1, 0.15) is 239 Å². The molecule has 5 heteroatoms. The van der Waals surface area contributed by atoms with Gasteiger partial charge in [0.2, 0.25) is 0 Å². The SMILES string of the molecule is CC/C=C\C/C=C\C/C=C\C/C=C\C/C=C\C/C=C\CCC(=O)OCC(COCCCCCC/C=C\C/C=C\C/C=C\C/C=C\C/C=C\CC)OC(=O)CCCCCCCCCCCCCCCCC. The van der Waals surface area contributed by atoms with Crippen LogP contribution in [-0.2, 0) is 23.8 Å². The van der Waals surface area contributed by atoms with Gasteiger partial charge in [0.15, 0.2) is 6.10 Å². The fraction of sp³-hybridized carbons (Fsp3) is 0.631. The summed E-state index contributed by atoms with van der Waals surface area (Å²) in [5.41, 5.74) is 0. The summed E-state index contributed by atoms with van der Waals surface area (Å²) in [4.78, 5) is 25.5. The Morgan fingerprint density at radius 3 is 1.09 bits per heavy atom. The Hall–Kier alpha value is -3.96. The molecule has 70 heavy (non-hydrogen) atoms. The first-order valence-corrected chi connectivity index (χ1v) is 28.7. The maximum absolute atomic E-state index is 12.9. The maximum atomic E-state index is 12.9. The fourth-order valence-electron chi connectivity index (χ4n) is 7.50. The van der Waals surface area contributed by atoms with Crippen LogP contribution in [0, 0.1) is 0 Å². The van der Waals surface area contributed by atoms with Crippen molar-refractivity contribution in [2.45, 2.75) is 245 Å². The Morgan fingerprint density at radius 2 is 0.671 bits per heavy atom. The van der Waals surface area contributed by atoms with Crippen molar-refractivity contribution in [3.05, 3.63) is 134 Å². The van der Waals surface area contributed by atoms with Crippen molar-refractivity contribution in [2.24, 2.45) is 0 Å². The zero-order valence-electron chi connectivity index (χ0n) is 45.5. The van der Waals surface area contributed by atoms with Gasteiger partial charge in [-0.05, 0) is 103 Å². The van der Waals surface area contributed by atoms with Crippen LogP contribution in [0.25, 0.3) is 0 Å². The fourth-order valence-corrected chi connectivity index (χ4v) is 7.50. The molecule has 0 saturated heterocycles. The molecule has 0 bridgehead atoms. The van der Waals surface area contributed by atoms with Crippen LogP contribution in [0.2, 0.25) is 0 Å². The molecule has 0 rings (SSSR count). The highest BCUT2D eigenvalue weighted by molar-refractivity contribution is 5.70. The Kier molecular flexibility index (Phi) is 56.0. The van der Waals surface area contributed by atoms with Crippen molar-refractivity contribution < 1.29 is 23.8 Å². The van der Waals surface area contributed by atoms with E-state index in [0.717, 1.165) is 116 Å². The summed E-state index contributed by atoms with van der Waals surface area (Å²) in [6, 6.07) is 0. The molecule has 0 amide bonds. The standard InChI is InChI=1S/C65H106O5/c1-4-7-10-13-16-19-22-25-28-30-32-34-36-39-42-45-48-51-54-57-60-68-61-63(70-65(67)59-56-53-50-47-44-41-37-27-24-21-18-15-12-9-6-3)62-69-64(66)58-55-52-49-46-43-40-38-35-33-31-29-26-23-20-17-14-11-8-5-2/h7-8,10-11,16-17,19-20,25-26,28-29,32-35,39-40,42-43,49,52,63H,4-6,9,12-15,18,21-24,27,30-31,36-38,41,44-48,50-51,53-62H2,1-3H3/b10-7-,11-8-,19-16-,20-17-,28-25-,29-26-,34-32-,35-33-,42-39-,43-40-,52-49-. The molecule has 0 aromatic carbocycles. The first-order chi connectivity index (χ1) is 34.6. The molecule has 0 spiro atoms. The molecule has 0 N–H and O–H groups in total. The normalized spacial score (nSPS) is 13.2. The predicted molar refractivity (Wildman–Crippen MR) is 306 cm³/mol. The van der Waals surface area contributed by atoms with Gasteiger partial charge < -0.3 is 14.2 Å². The minimum atomic E-state index is -0.589. The Balaban J connectivity index is 4.46. The van der Waals surface area contributed by atoms with Crippen molar-refractivity contribution in [3.8, 4) is 0 Å². The number of rotatable bonds is 51. The lowest BCUT2D eigenvalue weighted by molar-refractivity contribution is -0.162.